The number of ether oxygens (including phenoxy) is 1. The lowest BCUT2D eigenvalue weighted by Crippen LogP contribution is -2.48. The van der Waals surface area contributed by atoms with Crippen LogP contribution in [0.5, 0.6) is 0 Å². The van der Waals surface area contributed by atoms with Crippen molar-refractivity contribution in [1.29, 1.82) is 0 Å². The molecule has 2 aromatic rings. The van der Waals surface area contributed by atoms with Crippen LogP contribution in [0.15, 0.2) is 48.5 Å². The van der Waals surface area contributed by atoms with Gasteiger partial charge in [-0.3, -0.25) is 9.59 Å². The molecule has 34 heavy (non-hydrogen) atoms. The van der Waals surface area contributed by atoms with Gasteiger partial charge in [-0.25, -0.2) is 4.79 Å². The fourth-order valence-electron chi connectivity index (χ4n) is 3.99. The van der Waals surface area contributed by atoms with Gasteiger partial charge in [0.1, 0.15) is 18.2 Å². The fourth-order valence-corrected chi connectivity index (χ4v) is 3.99. The lowest BCUT2D eigenvalue weighted by Gasteiger charge is -2.33. The normalized spacial score (nSPS) is 17.9. The lowest BCUT2D eigenvalue weighted by molar-refractivity contribution is -0.139. The highest BCUT2D eigenvalue weighted by Gasteiger charge is 2.46. The standard InChI is InChI=1S/C27H35N3O4/c1-17-11-7-9-13-20(17)24(25(32)29-21-14-10-8-12-18(21)2)30(22-15-19(22)3)23(31)16-28-26(33)34-27(4,5)6/h7-14,19,22,24H,15-16H2,1-6H3,(H,28,33)(H,29,32). The first kappa shape index (κ1) is 25.3. The minimum atomic E-state index is -0.830. The van der Waals surface area contributed by atoms with Crippen molar-refractivity contribution in [2.24, 2.45) is 5.92 Å². The molecule has 0 heterocycles. The smallest absolute Gasteiger partial charge is 0.408 e. The molecular formula is C27H35N3O4. The van der Waals surface area contributed by atoms with Gasteiger partial charge >= 0.3 is 6.09 Å². The van der Waals surface area contributed by atoms with Crippen LogP contribution >= 0.6 is 0 Å². The van der Waals surface area contributed by atoms with Gasteiger partial charge in [-0.15, -0.1) is 0 Å². The largest absolute Gasteiger partial charge is 0.444 e. The highest BCUT2D eigenvalue weighted by atomic mass is 16.6. The van der Waals surface area contributed by atoms with E-state index in [9.17, 15) is 14.4 Å². The molecule has 1 saturated carbocycles. The van der Waals surface area contributed by atoms with Gasteiger partial charge in [-0.2, -0.15) is 0 Å². The molecule has 0 bridgehead atoms. The summed E-state index contributed by atoms with van der Waals surface area (Å²) in [4.78, 5) is 41.0. The maximum Gasteiger partial charge on any atom is 0.408 e. The Balaban J connectivity index is 1.91. The number of alkyl carbamates (subject to hydrolysis) is 1. The Morgan fingerprint density at radius 3 is 2.18 bits per heavy atom. The van der Waals surface area contributed by atoms with E-state index in [1.54, 1.807) is 25.7 Å². The first-order chi connectivity index (χ1) is 16.0. The van der Waals surface area contributed by atoms with E-state index >= 15 is 0 Å². The number of hydrogen-bond donors (Lipinski definition) is 2. The summed E-state index contributed by atoms with van der Waals surface area (Å²) in [7, 11) is 0. The van der Waals surface area contributed by atoms with Crippen molar-refractivity contribution in [3.05, 3.63) is 65.2 Å². The van der Waals surface area contributed by atoms with E-state index in [-0.39, 0.29) is 30.3 Å². The Morgan fingerprint density at radius 1 is 1.03 bits per heavy atom. The average Bonchev–Trinajstić information content (AvgIpc) is 3.47. The Hall–Kier alpha value is -3.35. The van der Waals surface area contributed by atoms with Gasteiger partial charge in [0.25, 0.3) is 5.91 Å². The summed E-state index contributed by atoms with van der Waals surface area (Å²) in [6.45, 7) is 10.9. The second kappa shape index (κ2) is 10.3. The van der Waals surface area contributed by atoms with Crippen LogP contribution in [0.3, 0.4) is 0 Å². The number of amides is 3. The van der Waals surface area contributed by atoms with Crippen molar-refractivity contribution in [2.45, 2.75) is 65.6 Å². The van der Waals surface area contributed by atoms with Gasteiger partial charge in [0, 0.05) is 11.7 Å². The van der Waals surface area contributed by atoms with Crippen LogP contribution in [0.25, 0.3) is 0 Å². The molecule has 0 aliphatic heterocycles. The van der Waals surface area contributed by atoms with Crippen molar-refractivity contribution in [1.82, 2.24) is 10.2 Å². The molecule has 0 spiro atoms. The van der Waals surface area contributed by atoms with Gasteiger partial charge in [0.2, 0.25) is 5.91 Å². The van der Waals surface area contributed by atoms with Gasteiger partial charge in [-0.1, -0.05) is 49.4 Å². The van der Waals surface area contributed by atoms with Crippen molar-refractivity contribution in [2.75, 3.05) is 11.9 Å². The van der Waals surface area contributed by atoms with Crippen LogP contribution in [-0.2, 0) is 14.3 Å². The molecule has 0 radical (unpaired) electrons. The van der Waals surface area contributed by atoms with E-state index in [1.807, 2.05) is 62.4 Å². The zero-order valence-electron chi connectivity index (χ0n) is 20.8. The Labute approximate surface area is 201 Å². The van der Waals surface area contributed by atoms with Crippen molar-refractivity contribution < 1.29 is 19.1 Å². The summed E-state index contributed by atoms with van der Waals surface area (Å²) in [5, 5.41) is 5.57. The van der Waals surface area contributed by atoms with Crippen LogP contribution in [-0.4, -0.2) is 41.0 Å². The van der Waals surface area contributed by atoms with E-state index < -0.39 is 17.7 Å². The monoisotopic (exact) mass is 465 g/mol. The fraction of sp³-hybridized carbons (Fsp3) is 0.444. The third-order valence-electron chi connectivity index (χ3n) is 5.91. The number of carbonyl (C=O) groups excluding carboxylic acids is 3. The summed E-state index contributed by atoms with van der Waals surface area (Å²) >= 11 is 0. The Kier molecular flexibility index (Phi) is 7.64. The summed E-state index contributed by atoms with van der Waals surface area (Å²) in [6.07, 6.45) is 0.138. The van der Waals surface area contributed by atoms with E-state index in [0.29, 0.717) is 5.69 Å². The van der Waals surface area contributed by atoms with Crippen LogP contribution in [0, 0.1) is 19.8 Å². The van der Waals surface area contributed by atoms with E-state index in [0.717, 1.165) is 23.1 Å². The maximum atomic E-state index is 13.7. The van der Waals surface area contributed by atoms with Gasteiger partial charge in [0.05, 0.1) is 0 Å². The lowest BCUT2D eigenvalue weighted by atomic mass is 9.98. The molecule has 3 atom stereocenters. The average molecular weight is 466 g/mol. The summed E-state index contributed by atoms with van der Waals surface area (Å²) in [5.74, 6) is -0.343. The molecule has 7 heteroatoms. The number of hydrogen-bond acceptors (Lipinski definition) is 4. The molecule has 2 aromatic carbocycles. The Morgan fingerprint density at radius 2 is 1.62 bits per heavy atom. The number of carbonyl (C=O) groups is 3. The topological polar surface area (TPSA) is 87.7 Å². The summed E-state index contributed by atoms with van der Waals surface area (Å²) in [6, 6.07) is 14.2. The molecule has 3 amide bonds. The molecule has 3 unspecified atom stereocenters. The van der Waals surface area contributed by atoms with Gasteiger partial charge < -0.3 is 20.3 Å². The second-order valence-corrected chi connectivity index (χ2v) is 10.0. The molecule has 0 saturated heterocycles. The number of anilines is 1. The first-order valence-electron chi connectivity index (χ1n) is 11.7. The molecule has 182 valence electrons. The van der Waals surface area contributed by atoms with Crippen LogP contribution in [0.2, 0.25) is 0 Å². The van der Waals surface area contributed by atoms with Gasteiger partial charge in [-0.05, 0) is 69.7 Å². The number of rotatable bonds is 7. The van der Waals surface area contributed by atoms with Gasteiger partial charge in [0.15, 0.2) is 0 Å². The zero-order valence-corrected chi connectivity index (χ0v) is 20.8. The number of nitrogens with zero attached hydrogens (tertiary/aromatic N) is 1. The Bertz CT molecular complexity index is 1060. The molecule has 1 aliphatic rings. The van der Waals surface area contributed by atoms with Crippen molar-refractivity contribution >= 4 is 23.6 Å². The molecule has 3 rings (SSSR count). The molecule has 0 aromatic heterocycles. The highest BCUT2D eigenvalue weighted by molar-refractivity contribution is 5.99. The third kappa shape index (κ3) is 6.37. The molecule has 2 N–H and O–H groups in total. The summed E-state index contributed by atoms with van der Waals surface area (Å²) < 4.78 is 5.27. The number of nitrogens with one attached hydrogen (secondary N) is 2. The quantitative estimate of drug-likeness (QED) is 0.618. The molecule has 1 aliphatic carbocycles. The number of benzene rings is 2. The SMILES string of the molecule is Cc1ccccc1NC(=O)C(c1ccccc1C)N(C(=O)CNC(=O)OC(C)(C)C)C1CC1C. The summed E-state index contributed by atoms with van der Waals surface area (Å²) in [5.41, 5.74) is 2.64. The number of aryl methyl sites for hydroxylation is 2. The van der Waals surface area contributed by atoms with E-state index in [1.165, 1.54) is 0 Å². The molecule has 7 nitrogen and oxygen atoms in total. The van der Waals surface area contributed by atoms with Crippen LogP contribution < -0.4 is 10.6 Å². The maximum absolute atomic E-state index is 13.7. The zero-order chi connectivity index (χ0) is 25.0. The molecule has 1 fully saturated rings. The van der Waals surface area contributed by atoms with Crippen molar-refractivity contribution in [3.8, 4) is 0 Å². The third-order valence-corrected chi connectivity index (χ3v) is 5.91. The predicted molar refractivity (Wildman–Crippen MR) is 132 cm³/mol. The van der Waals surface area contributed by atoms with E-state index in [2.05, 4.69) is 17.6 Å². The van der Waals surface area contributed by atoms with Crippen LogP contribution in [0.4, 0.5) is 10.5 Å². The minimum Gasteiger partial charge on any atom is -0.444 e. The minimum absolute atomic E-state index is 0.0832. The predicted octanol–water partition coefficient (Wildman–Crippen LogP) is 4.74. The van der Waals surface area contributed by atoms with Crippen molar-refractivity contribution in [3.63, 3.8) is 0 Å². The van der Waals surface area contributed by atoms with Crippen LogP contribution in [0.1, 0.15) is 56.8 Å². The van der Waals surface area contributed by atoms with E-state index in [4.69, 9.17) is 4.74 Å². The molecular weight excluding hydrogens is 430 g/mol. The number of para-hydroxylation sites is 1. The second-order valence-electron chi connectivity index (χ2n) is 10.0. The first-order valence-corrected chi connectivity index (χ1v) is 11.7. The highest BCUT2D eigenvalue weighted by Crippen LogP contribution is 2.41.